The Balaban J connectivity index is 2.29. The molecule has 0 aromatic carbocycles. The first-order valence-electron chi connectivity index (χ1n) is 5.77. The molecule has 1 atom stereocenters. The molecule has 3 N–H and O–H groups in total. The Kier molecular flexibility index (Phi) is 4.50. The van der Waals surface area contributed by atoms with Crippen molar-refractivity contribution in [2.24, 2.45) is 0 Å². The Bertz CT molecular complexity index is 708. The van der Waals surface area contributed by atoms with Crippen molar-refractivity contribution in [1.82, 2.24) is 14.9 Å². The third-order valence-electron chi connectivity index (χ3n) is 2.73. The second kappa shape index (κ2) is 5.82. The molecule has 0 aliphatic carbocycles. The lowest BCUT2D eigenvalue weighted by molar-refractivity contribution is 0.273. The Labute approximate surface area is 125 Å². The number of H-pyrrole nitrogens is 1. The van der Waals surface area contributed by atoms with Gasteiger partial charge in [0.25, 0.3) is 0 Å². The van der Waals surface area contributed by atoms with Gasteiger partial charge in [-0.15, -0.1) is 11.3 Å². The molecular weight excluding hydrogens is 322 g/mol. The zero-order valence-corrected chi connectivity index (χ0v) is 13.2. The summed E-state index contributed by atoms with van der Waals surface area (Å²) in [6.45, 7) is 2.88. The predicted molar refractivity (Wildman–Crippen MR) is 77.3 cm³/mol. The van der Waals surface area contributed by atoms with Gasteiger partial charge in [-0.1, -0.05) is 11.6 Å². The molecule has 1 unspecified atom stereocenters. The monoisotopic (exact) mass is 335 g/mol. The average molecular weight is 336 g/mol. The third kappa shape index (κ3) is 3.04. The van der Waals surface area contributed by atoms with Crippen LogP contribution in [-0.4, -0.2) is 23.7 Å². The molecule has 9 heteroatoms. The summed E-state index contributed by atoms with van der Waals surface area (Å²) in [6.07, 6.45) is 0. The number of aliphatic hydroxyl groups excluding tert-OH is 1. The van der Waals surface area contributed by atoms with E-state index in [4.69, 9.17) is 16.7 Å². The number of nitrogens with zero attached hydrogens (tertiary/aromatic N) is 1. The molecule has 2 rings (SSSR count). The van der Waals surface area contributed by atoms with Gasteiger partial charge in [0.15, 0.2) is 0 Å². The van der Waals surface area contributed by atoms with Gasteiger partial charge < -0.3 is 5.11 Å². The molecule has 2 aromatic heterocycles. The number of hydrogen-bond donors (Lipinski definition) is 3. The molecule has 0 fully saturated rings. The Morgan fingerprint density at radius 2 is 2.25 bits per heavy atom. The van der Waals surface area contributed by atoms with Gasteiger partial charge in [-0.25, -0.2) is 13.1 Å². The van der Waals surface area contributed by atoms with E-state index in [0.29, 0.717) is 10.0 Å². The second-order valence-corrected chi connectivity index (χ2v) is 7.66. The standard InChI is InChI=1S/C11H14ClN3O3S2/c1-6(9-3-4-10(12)19-9)15-20(17,18)11-7(2)13-14-8(11)5-16/h3-4,6,15-16H,5H2,1-2H3,(H,13,14). The molecular formula is C11H14ClN3O3S2. The maximum absolute atomic E-state index is 12.4. The summed E-state index contributed by atoms with van der Waals surface area (Å²) in [6, 6.07) is 3.07. The number of nitrogens with one attached hydrogen (secondary N) is 2. The van der Waals surface area contributed by atoms with E-state index in [2.05, 4.69) is 14.9 Å². The van der Waals surface area contributed by atoms with Gasteiger partial charge in [-0.2, -0.15) is 5.10 Å². The molecule has 6 nitrogen and oxygen atoms in total. The van der Waals surface area contributed by atoms with Crippen molar-refractivity contribution in [3.63, 3.8) is 0 Å². The SMILES string of the molecule is Cc1[nH]nc(CO)c1S(=O)(=O)NC(C)c1ccc(Cl)s1. The molecule has 0 radical (unpaired) electrons. The number of sulfonamides is 1. The average Bonchev–Trinajstić information content (AvgIpc) is 2.94. The predicted octanol–water partition coefficient (Wildman–Crippen LogP) is 1.96. The number of rotatable bonds is 5. The van der Waals surface area contributed by atoms with Crippen molar-refractivity contribution in [2.45, 2.75) is 31.4 Å². The van der Waals surface area contributed by atoms with Crippen LogP contribution in [0, 0.1) is 6.92 Å². The molecule has 0 amide bonds. The summed E-state index contributed by atoms with van der Waals surface area (Å²) in [7, 11) is -3.77. The van der Waals surface area contributed by atoms with Crippen molar-refractivity contribution in [3.8, 4) is 0 Å². The highest BCUT2D eigenvalue weighted by molar-refractivity contribution is 7.89. The van der Waals surface area contributed by atoms with Gasteiger partial charge in [-0.3, -0.25) is 5.10 Å². The summed E-state index contributed by atoms with van der Waals surface area (Å²) in [5, 5.41) is 15.5. The van der Waals surface area contributed by atoms with Gasteiger partial charge in [0.1, 0.15) is 10.6 Å². The summed E-state index contributed by atoms with van der Waals surface area (Å²) in [5.74, 6) is 0. The number of aliphatic hydroxyl groups is 1. The molecule has 0 spiro atoms. The number of aryl methyl sites for hydroxylation is 1. The van der Waals surface area contributed by atoms with Crippen LogP contribution in [0.5, 0.6) is 0 Å². The van der Waals surface area contributed by atoms with Gasteiger partial charge in [0, 0.05) is 4.88 Å². The van der Waals surface area contributed by atoms with Crippen LogP contribution in [0.25, 0.3) is 0 Å². The summed E-state index contributed by atoms with van der Waals surface area (Å²) in [4.78, 5) is 0.805. The maximum Gasteiger partial charge on any atom is 0.244 e. The molecule has 0 aliphatic rings. The molecule has 0 bridgehead atoms. The van der Waals surface area contributed by atoms with E-state index in [1.165, 1.54) is 11.3 Å². The second-order valence-electron chi connectivity index (χ2n) is 4.27. The minimum absolute atomic E-state index is 0.00509. The van der Waals surface area contributed by atoms with Crippen LogP contribution >= 0.6 is 22.9 Å². The van der Waals surface area contributed by atoms with Crippen LogP contribution in [0.4, 0.5) is 0 Å². The van der Waals surface area contributed by atoms with Crippen LogP contribution in [0.15, 0.2) is 17.0 Å². The van der Waals surface area contributed by atoms with Gasteiger partial charge >= 0.3 is 0 Å². The fraction of sp³-hybridized carbons (Fsp3) is 0.364. The van der Waals surface area contributed by atoms with E-state index >= 15 is 0 Å². The normalized spacial score (nSPS) is 13.6. The molecule has 0 aliphatic heterocycles. The molecule has 110 valence electrons. The largest absolute Gasteiger partial charge is 0.390 e. The number of hydrogen-bond acceptors (Lipinski definition) is 5. The van der Waals surface area contributed by atoms with Crippen LogP contribution in [-0.2, 0) is 16.6 Å². The van der Waals surface area contributed by atoms with Crippen molar-refractivity contribution in [3.05, 3.63) is 32.7 Å². The van der Waals surface area contributed by atoms with Crippen molar-refractivity contribution in [2.75, 3.05) is 0 Å². The van der Waals surface area contributed by atoms with Crippen LogP contribution in [0.1, 0.15) is 29.2 Å². The van der Waals surface area contributed by atoms with E-state index in [9.17, 15) is 8.42 Å². The minimum atomic E-state index is -3.77. The Hall–Kier alpha value is -0.930. The van der Waals surface area contributed by atoms with Gasteiger partial charge in [-0.05, 0) is 26.0 Å². The lowest BCUT2D eigenvalue weighted by Crippen LogP contribution is -2.27. The molecule has 2 aromatic rings. The fourth-order valence-electron chi connectivity index (χ4n) is 1.84. The zero-order chi connectivity index (χ0) is 14.9. The van der Waals surface area contributed by atoms with Crippen LogP contribution < -0.4 is 4.72 Å². The highest BCUT2D eigenvalue weighted by atomic mass is 35.5. The van der Waals surface area contributed by atoms with Crippen molar-refractivity contribution >= 4 is 33.0 Å². The first kappa shape index (κ1) is 15.5. The lowest BCUT2D eigenvalue weighted by Gasteiger charge is -2.13. The highest BCUT2D eigenvalue weighted by Gasteiger charge is 2.26. The Morgan fingerprint density at radius 1 is 1.55 bits per heavy atom. The van der Waals surface area contributed by atoms with Gasteiger partial charge in [0.05, 0.1) is 22.7 Å². The minimum Gasteiger partial charge on any atom is -0.390 e. The maximum atomic E-state index is 12.4. The van der Waals surface area contributed by atoms with Gasteiger partial charge in [0.2, 0.25) is 10.0 Å². The topological polar surface area (TPSA) is 95.1 Å². The number of thiophene rings is 1. The lowest BCUT2D eigenvalue weighted by atomic mass is 10.3. The molecule has 0 saturated heterocycles. The highest BCUT2D eigenvalue weighted by Crippen LogP contribution is 2.28. The Morgan fingerprint density at radius 3 is 2.80 bits per heavy atom. The summed E-state index contributed by atoms with van der Waals surface area (Å²) in [5.41, 5.74) is 0.490. The van der Waals surface area contributed by atoms with Crippen LogP contribution in [0.3, 0.4) is 0 Å². The number of aromatic nitrogens is 2. The van der Waals surface area contributed by atoms with E-state index in [-0.39, 0.29) is 10.6 Å². The zero-order valence-electron chi connectivity index (χ0n) is 10.8. The van der Waals surface area contributed by atoms with E-state index in [1.807, 2.05) is 0 Å². The fourth-order valence-corrected chi connectivity index (χ4v) is 4.56. The first-order valence-corrected chi connectivity index (χ1v) is 8.45. The summed E-state index contributed by atoms with van der Waals surface area (Å²) < 4.78 is 27.9. The third-order valence-corrected chi connectivity index (χ3v) is 5.89. The van der Waals surface area contributed by atoms with Crippen molar-refractivity contribution < 1.29 is 13.5 Å². The molecule has 20 heavy (non-hydrogen) atoms. The quantitative estimate of drug-likeness (QED) is 0.778. The van der Waals surface area contributed by atoms with E-state index in [0.717, 1.165) is 4.88 Å². The van der Waals surface area contributed by atoms with E-state index < -0.39 is 22.7 Å². The van der Waals surface area contributed by atoms with Crippen LogP contribution in [0.2, 0.25) is 4.34 Å². The first-order chi connectivity index (χ1) is 9.35. The molecule has 0 saturated carbocycles. The number of halogens is 1. The molecule has 2 heterocycles. The van der Waals surface area contributed by atoms with Crippen molar-refractivity contribution in [1.29, 1.82) is 0 Å². The van der Waals surface area contributed by atoms with E-state index in [1.54, 1.807) is 26.0 Å². The number of aromatic amines is 1. The smallest absolute Gasteiger partial charge is 0.244 e. The summed E-state index contributed by atoms with van der Waals surface area (Å²) >= 11 is 7.16.